The van der Waals surface area contributed by atoms with E-state index in [0.717, 1.165) is 0 Å². The Hall–Kier alpha value is -0.800. The lowest BCUT2D eigenvalue weighted by Crippen LogP contribution is -2.15. The summed E-state index contributed by atoms with van der Waals surface area (Å²) >= 11 is 3.78. The third-order valence-corrected chi connectivity index (χ3v) is 4.72. The lowest BCUT2D eigenvalue weighted by atomic mass is 9.86. The zero-order valence-electron chi connectivity index (χ0n) is 12.6. The maximum Gasteiger partial charge on any atom is 0.0496 e. The molecule has 1 atom stereocenters. The molecule has 0 aliphatic heterocycles. The van der Waals surface area contributed by atoms with Crippen molar-refractivity contribution >= 4 is 26.8 Å². The third-order valence-electron chi connectivity index (χ3n) is 3.89. The first-order chi connectivity index (χ1) is 8.77. The maximum absolute atomic E-state index is 3.78. The minimum Gasteiger partial charge on any atom is -0.345 e. The summed E-state index contributed by atoms with van der Waals surface area (Å²) in [5, 5.41) is 4.62. The summed E-state index contributed by atoms with van der Waals surface area (Å²) < 4.78 is 3.48. The fraction of sp³-hybridized carbons (Fsp3) is 0.500. The van der Waals surface area contributed by atoms with Gasteiger partial charge in [0.1, 0.15) is 0 Å². The van der Waals surface area contributed by atoms with E-state index in [2.05, 4.69) is 78.8 Å². The Kier molecular flexibility index (Phi) is 3.80. The molecule has 1 unspecified atom stereocenters. The van der Waals surface area contributed by atoms with Crippen molar-refractivity contribution in [2.24, 2.45) is 7.05 Å². The Balaban J connectivity index is 2.71. The first-order valence-electron chi connectivity index (χ1n) is 6.73. The van der Waals surface area contributed by atoms with Gasteiger partial charge in [0, 0.05) is 34.2 Å². The molecule has 0 aliphatic rings. The van der Waals surface area contributed by atoms with Gasteiger partial charge in [-0.05, 0) is 53.0 Å². The summed E-state index contributed by atoms with van der Waals surface area (Å²) in [6.45, 7) is 8.94. The summed E-state index contributed by atoms with van der Waals surface area (Å²) in [6, 6.07) is 7.10. The minimum absolute atomic E-state index is 0.179. The first kappa shape index (κ1) is 14.6. The highest BCUT2D eigenvalue weighted by Crippen LogP contribution is 2.36. The van der Waals surface area contributed by atoms with Crippen LogP contribution in [-0.4, -0.2) is 11.6 Å². The van der Waals surface area contributed by atoms with Gasteiger partial charge in [-0.1, -0.05) is 26.8 Å². The quantitative estimate of drug-likeness (QED) is 0.860. The number of halogens is 1. The van der Waals surface area contributed by atoms with Gasteiger partial charge in [0.2, 0.25) is 0 Å². The molecule has 0 saturated carbocycles. The SMILES string of the molecule is CNC(C)c1c(Br)c2cc(C(C)(C)C)ccc2n1C. The number of nitrogens with zero attached hydrogens (tertiary/aromatic N) is 1. The van der Waals surface area contributed by atoms with Crippen molar-refractivity contribution in [1.29, 1.82) is 0 Å². The van der Waals surface area contributed by atoms with Crippen molar-refractivity contribution in [3.8, 4) is 0 Å². The zero-order valence-corrected chi connectivity index (χ0v) is 14.2. The van der Waals surface area contributed by atoms with Crippen LogP contribution in [0, 0.1) is 0 Å². The normalized spacial score (nSPS) is 14.1. The summed E-state index contributed by atoms with van der Waals surface area (Å²) in [5.74, 6) is 0. The second-order valence-corrected chi connectivity index (χ2v) is 7.04. The molecule has 1 aromatic heterocycles. The van der Waals surface area contributed by atoms with Crippen molar-refractivity contribution in [2.45, 2.75) is 39.2 Å². The van der Waals surface area contributed by atoms with Gasteiger partial charge in [0.15, 0.2) is 0 Å². The van der Waals surface area contributed by atoms with E-state index in [0.29, 0.717) is 6.04 Å². The molecule has 0 aliphatic carbocycles. The number of benzene rings is 1. The van der Waals surface area contributed by atoms with E-state index in [9.17, 15) is 0 Å². The average molecular weight is 323 g/mol. The molecule has 2 aromatic rings. The number of hydrogen-bond acceptors (Lipinski definition) is 1. The van der Waals surface area contributed by atoms with E-state index in [1.165, 1.54) is 26.6 Å². The van der Waals surface area contributed by atoms with Gasteiger partial charge in [0.25, 0.3) is 0 Å². The molecule has 104 valence electrons. The second kappa shape index (κ2) is 4.95. The highest BCUT2D eigenvalue weighted by Gasteiger charge is 2.20. The van der Waals surface area contributed by atoms with Crippen LogP contribution in [0.4, 0.5) is 0 Å². The van der Waals surface area contributed by atoms with E-state index in [1.807, 2.05) is 7.05 Å². The number of hydrogen-bond donors (Lipinski definition) is 1. The Morgan fingerprint density at radius 1 is 1.26 bits per heavy atom. The molecule has 1 N–H and O–H groups in total. The fourth-order valence-electron chi connectivity index (χ4n) is 2.50. The predicted molar refractivity (Wildman–Crippen MR) is 86.8 cm³/mol. The number of aryl methyl sites for hydroxylation is 1. The summed E-state index contributed by atoms with van der Waals surface area (Å²) in [5.41, 5.74) is 4.12. The van der Waals surface area contributed by atoms with Crippen molar-refractivity contribution in [3.05, 3.63) is 33.9 Å². The van der Waals surface area contributed by atoms with Gasteiger partial charge in [-0.15, -0.1) is 0 Å². The number of rotatable bonds is 2. The molecular weight excluding hydrogens is 300 g/mol. The molecule has 0 saturated heterocycles. The fourth-order valence-corrected chi connectivity index (χ4v) is 3.43. The van der Waals surface area contributed by atoms with Crippen LogP contribution in [0.5, 0.6) is 0 Å². The number of fused-ring (bicyclic) bond motifs is 1. The predicted octanol–water partition coefficient (Wildman–Crippen LogP) is 4.52. The summed E-state index contributed by atoms with van der Waals surface area (Å²) in [4.78, 5) is 0. The minimum atomic E-state index is 0.179. The van der Waals surface area contributed by atoms with Crippen molar-refractivity contribution in [1.82, 2.24) is 9.88 Å². The number of aromatic nitrogens is 1. The summed E-state index contributed by atoms with van der Waals surface area (Å²) in [6.07, 6.45) is 0. The van der Waals surface area contributed by atoms with E-state index in [-0.39, 0.29) is 5.41 Å². The highest BCUT2D eigenvalue weighted by molar-refractivity contribution is 9.10. The lowest BCUT2D eigenvalue weighted by Gasteiger charge is -2.19. The van der Waals surface area contributed by atoms with Crippen molar-refractivity contribution in [2.75, 3.05) is 7.05 Å². The van der Waals surface area contributed by atoms with Gasteiger partial charge in [-0.3, -0.25) is 0 Å². The zero-order chi connectivity index (χ0) is 14.4. The molecule has 0 fully saturated rings. The van der Waals surface area contributed by atoms with Crippen LogP contribution >= 0.6 is 15.9 Å². The second-order valence-electron chi connectivity index (χ2n) is 6.25. The van der Waals surface area contributed by atoms with Gasteiger partial charge >= 0.3 is 0 Å². The van der Waals surface area contributed by atoms with Crippen LogP contribution in [0.1, 0.15) is 45.0 Å². The van der Waals surface area contributed by atoms with Crippen molar-refractivity contribution < 1.29 is 0 Å². The molecule has 19 heavy (non-hydrogen) atoms. The third kappa shape index (κ3) is 2.46. The monoisotopic (exact) mass is 322 g/mol. The van der Waals surface area contributed by atoms with E-state index in [1.54, 1.807) is 0 Å². The molecule has 2 rings (SSSR count). The van der Waals surface area contributed by atoms with E-state index < -0.39 is 0 Å². The van der Waals surface area contributed by atoms with Gasteiger partial charge < -0.3 is 9.88 Å². The molecule has 0 radical (unpaired) electrons. The van der Waals surface area contributed by atoms with Crippen molar-refractivity contribution in [3.63, 3.8) is 0 Å². The van der Waals surface area contributed by atoms with E-state index >= 15 is 0 Å². The average Bonchev–Trinajstić information content (AvgIpc) is 2.60. The van der Waals surface area contributed by atoms with Gasteiger partial charge in [-0.2, -0.15) is 0 Å². The Labute approximate surface area is 124 Å². The topological polar surface area (TPSA) is 17.0 Å². The molecule has 0 amide bonds. The highest BCUT2D eigenvalue weighted by atomic mass is 79.9. The molecule has 3 heteroatoms. The molecule has 0 bridgehead atoms. The molecule has 2 nitrogen and oxygen atoms in total. The molecule has 1 aromatic carbocycles. The first-order valence-corrected chi connectivity index (χ1v) is 7.52. The standard InChI is InChI=1S/C16H23BrN2/c1-10(18-5)15-14(17)12-9-11(16(2,3)4)7-8-13(12)19(15)6/h7-10,18H,1-6H3. The Bertz CT molecular complexity index is 605. The molecular formula is C16H23BrN2. The molecule has 1 heterocycles. The Morgan fingerprint density at radius 2 is 1.89 bits per heavy atom. The Morgan fingerprint density at radius 3 is 2.42 bits per heavy atom. The van der Waals surface area contributed by atoms with Gasteiger partial charge in [0.05, 0.1) is 0 Å². The van der Waals surface area contributed by atoms with Crippen LogP contribution in [0.3, 0.4) is 0 Å². The lowest BCUT2D eigenvalue weighted by molar-refractivity contribution is 0.591. The van der Waals surface area contributed by atoms with Crippen LogP contribution < -0.4 is 5.32 Å². The number of nitrogens with one attached hydrogen (secondary N) is 1. The molecule has 0 spiro atoms. The van der Waals surface area contributed by atoms with Crippen LogP contribution in [0.2, 0.25) is 0 Å². The van der Waals surface area contributed by atoms with Gasteiger partial charge in [-0.25, -0.2) is 0 Å². The van der Waals surface area contributed by atoms with E-state index in [4.69, 9.17) is 0 Å². The van der Waals surface area contributed by atoms with Crippen LogP contribution in [0.25, 0.3) is 10.9 Å². The van der Waals surface area contributed by atoms with Crippen LogP contribution in [-0.2, 0) is 12.5 Å². The smallest absolute Gasteiger partial charge is 0.0496 e. The summed E-state index contributed by atoms with van der Waals surface area (Å²) in [7, 11) is 4.13. The maximum atomic E-state index is 3.78. The van der Waals surface area contributed by atoms with Crippen LogP contribution in [0.15, 0.2) is 22.7 Å². The largest absolute Gasteiger partial charge is 0.345 e.